The van der Waals surface area contributed by atoms with Crippen LogP contribution in [0.2, 0.25) is 0 Å². The number of anilines is 1. The highest BCUT2D eigenvalue weighted by molar-refractivity contribution is 5.84. The van der Waals surface area contributed by atoms with E-state index in [1.165, 1.54) is 43.2 Å². The summed E-state index contributed by atoms with van der Waals surface area (Å²) in [4.78, 5) is 11.9. The van der Waals surface area contributed by atoms with Crippen molar-refractivity contribution in [3.63, 3.8) is 0 Å². The number of rotatable bonds is 6. The number of hydrazone groups is 1. The summed E-state index contributed by atoms with van der Waals surface area (Å²) in [6.45, 7) is 4.33. The average molecular weight is 352 g/mol. The van der Waals surface area contributed by atoms with Crippen molar-refractivity contribution < 1.29 is 4.79 Å². The van der Waals surface area contributed by atoms with E-state index in [1.807, 2.05) is 24.3 Å². The highest BCUT2D eigenvalue weighted by Crippen LogP contribution is 2.28. The van der Waals surface area contributed by atoms with Crippen LogP contribution in [0.1, 0.15) is 54.8 Å². The summed E-state index contributed by atoms with van der Waals surface area (Å²) in [6.07, 6.45) is 12.4. The molecule has 0 saturated heterocycles. The van der Waals surface area contributed by atoms with Crippen molar-refractivity contribution in [1.82, 2.24) is 9.99 Å². The summed E-state index contributed by atoms with van der Waals surface area (Å²) in [5, 5.41) is 7.18. The Balaban J connectivity index is 1.45. The third-order valence-corrected chi connectivity index (χ3v) is 5.10. The SMILES string of the molecule is Cc1ccc(NCC(=O)N/N=C\c2ccn(C3CCCCC3)c2)cc1C. The molecule has 1 amide bonds. The molecule has 1 aliphatic carbocycles. The molecule has 0 spiro atoms. The van der Waals surface area contributed by atoms with Crippen molar-refractivity contribution in [2.24, 2.45) is 5.10 Å². The lowest BCUT2D eigenvalue weighted by Crippen LogP contribution is -2.25. The van der Waals surface area contributed by atoms with Gasteiger partial charge in [0.15, 0.2) is 0 Å². The molecule has 138 valence electrons. The first-order chi connectivity index (χ1) is 12.6. The van der Waals surface area contributed by atoms with Gasteiger partial charge in [-0.1, -0.05) is 25.3 Å². The van der Waals surface area contributed by atoms with Crippen LogP contribution in [0.4, 0.5) is 5.69 Å². The van der Waals surface area contributed by atoms with Gasteiger partial charge in [-0.3, -0.25) is 4.79 Å². The molecule has 1 aliphatic rings. The summed E-state index contributed by atoms with van der Waals surface area (Å²) in [7, 11) is 0. The molecule has 0 aliphatic heterocycles. The van der Waals surface area contributed by atoms with Crippen LogP contribution in [0.15, 0.2) is 41.8 Å². The molecule has 2 aromatic rings. The maximum absolute atomic E-state index is 11.9. The minimum Gasteiger partial charge on any atom is -0.376 e. The van der Waals surface area contributed by atoms with Gasteiger partial charge in [0, 0.05) is 29.7 Å². The molecular formula is C21H28N4O. The van der Waals surface area contributed by atoms with Gasteiger partial charge in [0.2, 0.25) is 0 Å². The molecule has 5 nitrogen and oxygen atoms in total. The van der Waals surface area contributed by atoms with Gasteiger partial charge >= 0.3 is 0 Å². The van der Waals surface area contributed by atoms with Gasteiger partial charge in [0.25, 0.3) is 5.91 Å². The fourth-order valence-corrected chi connectivity index (χ4v) is 3.37. The van der Waals surface area contributed by atoms with E-state index in [-0.39, 0.29) is 12.5 Å². The Morgan fingerprint density at radius 1 is 1.19 bits per heavy atom. The van der Waals surface area contributed by atoms with Gasteiger partial charge in [-0.05, 0) is 56.0 Å². The van der Waals surface area contributed by atoms with Crippen LogP contribution in [-0.2, 0) is 4.79 Å². The summed E-state index contributed by atoms with van der Waals surface area (Å²) < 4.78 is 2.28. The Hall–Kier alpha value is -2.56. The van der Waals surface area contributed by atoms with Gasteiger partial charge in [-0.25, -0.2) is 5.43 Å². The second-order valence-corrected chi connectivity index (χ2v) is 7.13. The Morgan fingerprint density at radius 3 is 2.77 bits per heavy atom. The molecular weight excluding hydrogens is 324 g/mol. The van der Waals surface area contributed by atoms with Crippen LogP contribution in [0.25, 0.3) is 0 Å². The Kier molecular flexibility index (Phi) is 6.10. The van der Waals surface area contributed by atoms with Crippen molar-refractivity contribution in [3.05, 3.63) is 53.3 Å². The molecule has 1 heterocycles. The van der Waals surface area contributed by atoms with E-state index in [0.717, 1.165) is 11.3 Å². The van der Waals surface area contributed by atoms with Gasteiger partial charge in [-0.15, -0.1) is 0 Å². The first kappa shape index (κ1) is 18.2. The minimum atomic E-state index is -0.161. The van der Waals surface area contributed by atoms with Crippen LogP contribution in [0.5, 0.6) is 0 Å². The zero-order valence-electron chi connectivity index (χ0n) is 15.7. The van der Waals surface area contributed by atoms with Crippen LogP contribution >= 0.6 is 0 Å². The van der Waals surface area contributed by atoms with E-state index in [2.05, 4.69) is 46.7 Å². The molecule has 1 aromatic heterocycles. The number of carbonyl (C=O) groups excluding carboxylic acids is 1. The van der Waals surface area contributed by atoms with Crippen LogP contribution < -0.4 is 10.7 Å². The van der Waals surface area contributed by atoms with E-state index in [9.17, 15) is 4.79 Å². The van der Waals surface area contributed by atoms with E-state index in [4.69, 9.17) is 0 Å². The standard InChI is InChI=1S/C21H28N4O/c1-16-8-9-19(12-17(16)2)22-14-21(26)24-23-13-18-10-11-25(15-18)20-6-4-3-5-7-20/h8-13,15,20,22H,3-7,14H2,1-2H3,(H,24,26)/b23-13-. The van der Waals surface area contributed by atoms with Crippen LogP contribution in [-0.4, -0.2) is 23.2 Å². The smallest absolute Gasteiger partial charge is 0.259 e. The maximum Gasteiger partial charge on any atom is 0.259 e. The van der Waals surface area contributed by atoms with Gasteiger partial charge < -0.3 is 9.88 Å². The summed E-state index contributed by atoms with van der Waals surface area (Å²) in [6, 6.07) is 8.72. The van der Waals surface area contributed by atoms with Crippen molar-refractivity contribution in [2.75, 3.05) is 11.9 Å². The molecule has 26 heavy (non-hydrogen) atoms. The second kappa shape index (κ2) is 8.70. The van der Waals surface area contributed by atoms with Crippen molar-refractivity contribution in [2.45, 2.75) is 52.0 Å². The number of amides is 1. The van der Waals surface area contributed by atoms with Gasteiger partial charge in [-0.2, -0.15) is 5.10 Å². The molecule has 0 radical (unpaired) electrons. The Bertz CT molecular complexity index is 772. The van der Waals surface area contributed by atoms with Crippen LogP contribution in [0.3, 0.4) is 0 Å². The Morgan fingerprint density at radius 2 is 2.00 bits per heavy atom. The molecule has 3 rings (SSSR count). The fourth-order valence-electron chi connectivity index (χ4n) is 3.37. The zero-order valence-corrected chi connectivity index (χ0v) is 15.7. The number of hydrogen-bond acceptors (Lipinski definition) is 3. The molecule has 2 N–H and O–H groups in total. The van der Waals surface area contributed by atoms with Crippen molar-refractivity contribution in [3.8, 4) is 0 Å². The predicted octanol–water partition coefficient (Wildman–Crippen LogP) is 4.17. The third-order valence-electron chi connectivity index (χ3n) is 5.10. The lowest BCUT2D eigenvalue weighted by Gasteiger charge is -2.23. The molecule has 0 atom stereocenters. The number of carbonyl (C=O) groups is 1. The average Bonchev–Trinajstić information content (AvgIpc) is 3.12. The number of nitrogens with one attached hydrogen (secondary N) is 2. The first-order valence-electron chi connectivity index (χ1n) is 9.42. The number of nitrogens with zero attached hydrogens (tertiary/aromatic N) is 2. The largest absolute Gasteiger partial charge is 0.376 e. The van der Waals surface area contributed by atoms with Gasteiger partial charge in [0.1, 0.15) is 0 Å². The second-order valence-electron chi connectivity index (χ2n) is 7.13. The van der Waals surface area contributed by atoms with Crippen molar-refractivity contribution in [1.29, 1.82) is 0 Å². The normalized spacial score (nSPS) is 15.3. The van der Waals surface area contributed by atoms with E-state index < -0.39 is 0 Å². The molecule has 0 unspecified atom stereocenters. The van der Waals surface area contributed by atoms with E-state index >= 15 is 0 Å². The molecule has 0 bridgehead atoms. The summed E-state index contributed by atoms with van der Waals surface area (Å²) in [5.41, 5.74) is 6.97. The third kappa shape index (κ3) is 4.97. The first-order valence-corrected chi connectivity index (χ1v) is 9.42. The minimum absolute atomic E-state index is 0.161. The quantitative estimate of drug-likeness (QED) is 0.605. The van der Waals surface area contributed by atoms with Gasteiger partial charge in [0.05, 0.1) is 12.8 Å². The van der Waals surface area contributed by atoms with Crippen molar-refractivity contribution >= 4 is 17.8 Å². The van der Waals surface area contributed by atoms with E-state index in [0.29, 0.717) is 6.04 Å². The molecule has 5 heteroatoms. The molecule has 1 fully saturated rings. The number of hydrogen-bond donors (Lipinski definition) is 2. The monoisotopic (exact) mass is 352 g/mol. The van der Waals surface area contributed by atoms with Crippen LogP contribution in [0, 0.1) is 13.8 Å². The topological polar surface area (TPSA) is 58.4 Å². The predicted molar refractivity (Wildman–Crippen MR) is 107 cm³/mol. The lowest BCUT2D eigenvalue weighted by molar-refractivity contribution is -0.119. The summed E-state index contributed by atoms with van der Waals surface area (Å²) in [5.74, 6) is -0.161. The summed E-state index contributed by atoms with van der Waals surface area (Å²) >= 11 is 0. The number of aryl methyl sites for hydroxylation is 2. The highest BCUT2D eigenvalue weighted by atomic mass is 16.2. The number of benzene rings is 1. The lowest BCUT2D eigenvalue weighted by atomic mass is 9.95. The fraction of sp³-hybridized carbons (Fsp3) is 0.429. The van der Waals surface area contributed by atoms with E-state index in [1.54, 1.807) is 6.21 Å². The maximum atomic E-state index is 11.9. The Labute approximate surface area is 155 Å². The molecule has 1 saturated carbocycles. The zero-order chi connectivity index (χ0) is 18.4. The number of aromatic nitrogens is 1. The highest BCUT2D eigenvalue weighted by Gasteiger charge is 2.14. The molecule has 1 aromatic carbocycles.